The summed E-state index contributed by atoms with van der Waals surface area (Å²) in [7, 11) is 4.52. The van der Waals surface area contributed by atoms with Gasteiger partial charge in [0, 0.05) is 21.1 Å². The van der Waals surface area contributed by atoms with Gasteiger partial charge in [-0.2, -0.15) is 0 Å². The molecule has 0 atom stereocenters. The molecule has 0 bridgehead atoms. The predicted octanol–water partition coefficient (Wildman–Crippen LogP) is -0.884. The van der Waals surface area contributed by atoms with Crippen molar-refractivity contribution in [3.63, 3.8) is 0 Å². The van der Waals surface area contributed by atoms with E-state index in [4.69, 9.17) is 0 Å². The van der Waals surface area contributed by atoms with Gasteiger partial charge in [-0.15, -0.1) is 5.43 Å². The molecule has 0 spiro atoms. The molecule has 6 heteroatoms. The predicted molar refractivity (Wildman–Crippen MR) is 38.8 cm³/mol. The van der Waals surface area contributed by atoms with Crippen LogP contribution < -0.4 is 16.2 Å². The molecular formula is C5H11N4O2. The molecule has 2 N–H and O–H groups in total. The summed E-state index contributed by atoms with van der Waals surface area (Å²) in [4.78, 5) is 22.4. The summed E-state index contributed by atoms with van der Waals surface area (Å²) >= 11 is 0. The van der Waals surface area contributed by atoms with Crippen LogP contribution in [0.25, 0.3) is 0 Å². The highest BCUT2D eigenvalue weighted by molar-refractivity contribution is 5.79. The summed E-state index contributed by atoms with van der Waals surface area (Å²) < 4.78 is 0. The topological polar surface area (TPSA) is 75.5 Å². The maximum absolute atomic E-state index is 10.7. The molecule has 6 nitrogen and oxygen atoms in total. The zero-order valence-electron chi connectivity index (χ0n) is 6.71. The van der Waals surface area contributed by atoms with E-state index < -0.39 is 12.1 Å². The van der Waals surface area contributed by atoms with E-state index in [1.165, 1.54) is 11.9 Å². The molecule has 0 heterocycles. The number of carbonyl (C=O) groups is 2. The van der Waals surface area contributed by atoms with E-state index in [9.17, 15) is 9.59 Å². The molecule has 0 unspecified atom stereocenters. The number of hydrogen-bond donors (Lipinski definition) is 2. The first-order chi connectivity index (χ1) is 5.07. The number of nitrogens with zero attached hydrogens (tertiary/aromatic N) is 2. The first kappa shape index (κ1) is 9.54. The molecule has 11 heavy (non-hydrogen) atoms. The van der Waals surface area contributed by atoms with E-state index in [-0.39, 0.29) is 0 Å². The third kappa shape index (κ3) is 4.01. The Morgan fingerprint density at radius 2 is 1.91 bits per heavy atom. The number of carbonyl (C=O) groups excluding carboxylic acids is 2. The van der Waals surface area contributed by atoms with Crippen LogP contribution in [0.5, 0.6) is 0 Å². The lowest BCUT2D eigenvalue weighted by Crippen LogP contribution is -2.44. The van der Waals surface area contributed by atoms with Crippen LogP contribution in [0.3, 0.4) is 0 Å². The molecule has 1 radical (unpaired) electrons. The Labute approximate surface area is 64.9 Å². The molecule has 0 saturated heterocycles. The van der Waals surface area contributed by atoms with Crippen molar-refractivity contribution in [3.8, 4) is 0 Å². The fourth-order valence-electron chi connectivity index (χ4n) is 0.254. The normalized spacial score (nSPS) is 8.27. The molecule has 4 amide bonds. The van der Waals surface area contributed by atoms with Gasteiger partial charge >= 0.3 is 12.1 Å². The van der Waals surface area contributed by atoms with Crippen molar-refractivity contribution in [2.75, 3.05) is 21.1 Å². The Balaban J connectivity index is 3.54. The number of rotatable bonds is 0. The van der Waals surface area contributed by atoms with Gasteiger partial charge in [0.05, 0.1) is 0 Å². The van der Waals surface area contributed by atoms with Crippen LogP contribution in [0.15, 0.2) is 0 Å². The fourth-order valence-corrected chi connectivity index (χ4v) is 0.254. The zero-order chi connectivity index (χ0) is 8.85. The van der Waals surface area contributed by atoms with Gasteiger partial charge < -0.3 is 10.2 Å². The number of amides is 4. The highest BCUT2D eigenvalue weighted by Gasteiger charge is 2.04. The van der Waals surface area contributed by atoms with E-state index in [1.807, 2.05) is 5.43 Å². The standard InChI is InChI=1S/C5H11N4O2/c1-6-4(10)7-8-5(11)9(2)3/h1-3H3,(H,6,10)(H,8,11). The van der Waals surface area contributed by atoms with E-state index in [1.54, 1.807) is 14.1 Å². The van der Waals surface area contributed by atoms with Crippen molar-refractivity contribution in [1.29, 1.82) is 0 Å². The minimum absolute atomic E-state index is 0.436. The maximum Gasteiger partial charge on any atom is 0.357 e. The Kier molecular flexibility index (Phi) is 3.79. The quantitative estimate of drug-likeness (QED) is 0.450. The van der Waals surface area contributed by atoms with E-state index in [0.29, 0.717) is 0 Å². The van der Waals surface area contributed by atoms with Gasteiger partial charge in [0.15, 0.2) is 0 Å². The molecule has 0 rings (SSSR count). The van der Waals surface area contributed by atoms with Gasteiger partial charge in [-0.25, -0.2) is 15.0 Å². The molecule has 0 saturated carbocycles. The van der Waals surface area contributed by atoms with Crippen molar-refractivity contribution < 1.29 is 9.59 Å². The lowest BCUT2D eigenvalue weighted by molar-refractivity contribution is 0.207. The summed E-state index contributed by atoms with van der Waals surface area (Å²) in [5.41, 5.74) is 5.21. The molecule has 0 aliphatic heterocycles. The molecular weight excluding hydrogens is 148 g/mol. The van der Waals surface area contributed by atoms with Crippen LogP contribution in [0.4, 0.5) is 9.59 Å². The minimum Gasteiger partial charge on any atom is -0.338 e. The van der Waals surface area contributed by atoms with Gasteiger partial charge in [-0.05, 0) is 0 Å². The monoisotopic (exact) mass is 159 g/mol. The third-order valence-electron chi connectivity index (χ3n) is 0.873. The Hall–Kier alpha value is -1.46. The lowest BCUT2D eigenvalue weighted by Gasteiger charge is -2.09. The lowest BCUT2D eigenvalue weighted by atomic mass is 10.8. The minimum atomic E-state index is -0.583. The molecule has 0 aromatic carbocycles. The van der Waals surface area contributed by atoms with Crippen molar-refractivity contribution in [3.05, 3.63) is 0 Å². The third-order valence-corrected chi connectivity index (χ3v) is 0.873. The smallest absolute Gasteiger partial charge is 0.338 e. The van der Waals surface area contributed by atoms with Gasteiger partial charge in [0.2, 0.25) is 0 Å². The SMILES string of the molecule is CNC(=O)[N]NC(=O)N(C)C. The van der Waals surface area contributed by atoms with Crippen LogP contribution in [-0.2, 0) is 0 Å². The summed E-state index contributed by atoms with van der Waals surface area (Å²) in [6.07, 6.45) is 0. The van der Waals surface area contributed by atoms with Crippen molar-refractivity contribution in [2.24, 2.45) is 0 Å². The van der Waals surface area contributed by atoms with Gasteiger partial charge in [0.1, 0.15) is 0 Å². The molecule has 0 aliphatic carbocycles. The molecule has 0 aromatic heterocycles. The van der Waals surface area contributed by atoms with E-state index in [0.717, 1.165) is 0 Å². The summed E-state index contributed by atoms with van der Waals surface area (Å²) in [6, 6.07) is -1.02. The first-order valence-corrected chi connectivity index (χ1v) is 2.97. The van der Waals surface area contributed by atoms with Crippen molar-refractivity contribution in [1.82, 2.24) is 21.1 Å². The van der Waals surface area contributed by atoms with Gasteiger partial charge in [0.25, 0.3) is 0 Å². The van der Waals surface area contributed by atoms with Gasteiger partial charge in [-0.3, -0.25) is 0 Å². The van der Waals surface area contributed by atoms with Crippen LogP contribution in [0, 0.1) is 0 Å². The largest absolute Gasteiger partial charge is 0.357 e. The van der Waals surface area contributed by atoms with Crippen molar-refractivity contribution >= 4 is 12.1 Å². The maximum atomic E-state index is 10.7. The van der Waals surface area contributed by atoms with E-state index in [2.05, 4.69) is 10.7 Å². The summed E-state index contributed by atoms with van der Waals surface area (Å²) in [5.74, 6) is 0. The summed E-state index contributed by atoms with van der Waals surface area (Å²) in [6.45, 7) is 0. The Morgan fingerprint density at radius 1 is 1.36 bits per heavy atom. The average Bonchev–Trinajstić information content (AvgIpc) is 1.99. The average molecular weight is 159 g/mol. The molecule has 63 valence electrons. The Morgan fingerprint density at radius 3 is 2.27 bits per heavy atom. The summed E-state index contributed by atoms with van der Waals surface area (Å²) in [5, 5.41) is 2.22. The zero-order valence-corrected chi connectivity index (χ0v) is 6.71. The van der Waals surface area contributed by atoms with Crippen LogP contribution >= 0.6 is 0 Å². The highest BCUT2D eigenvalue weighted by atomic mass is 16.2. The van der Waals surface area contributed by atoms with Crippen molar-refractivity contribution in [2.45, 2.75) is 0 Å². The van der Waals surface area contributed by atoms with Crippen LogP contribution in [0.1, 0.15) is 0 Å². The second-order valence-corrected chi connectivity index (χ2v) is 1.98. The second-order valence-electron chi connectivity index (χ2n) is 1.98. The first-order valence-electron chi connectivity index (χ1n) is 2.97. The molecule has 0 fully saturated rings. The number of hydrogen-bond acceptors (Lipinski definition) is 2. The number of nitrogens with one attached hydrogen (secondary N) is 2. The highest BCUT2D eigenvalue weighted by Crippen LogP contribution is 1.73. The number of urea groups is 2. The van der Waals surface area contributed by atoms with E-state index >= 15 is 0 Å². The Bertz CT molecular complexity index is 157. The second kappa shape index (κ2) is 4.37. The fraction of sp³-hybridized carbons (Fsp3) is 0.600. The van der Waals surface area contributed by atoms with Gasteiger partial charge in [-0.1, -0.05) is 0 Å². The van der Waals surface area contributed by atoms with Crippen LogP contribution in [-0.4, -0.2) is 38.1 Å². The van der Waals surface area contributed by atoms with Crippen LogP contribution in [0.2, 0.25) is 0 Å². The molecule has 0 aromatic rings. The molecule has 0 aliphatic rings.